The van der Waals surface area contributed by atoms with Crippen LogP contribution >= 0.6 is 11.6 Å². The van der Waals surface area contributed by atoms with Crippen LogP contribution in [0, 0.1) is 0 Å². The minimum absolute atomic E-state index is 0.0391. The molecule has 0 atom stereocenters. The van der Waals surface area contributed by atoms with Crippen molar-refractivity contribution in [1.29, 1.82) is 0 Å². The molecule has 5 nitrogen and oxygen atoms in total. The molecule has 0 aliphatic heterocycles. The molecule has 6 heteroatoms. The van der Waals surface area contributed by atoms with Crippen LogP contribution in [0.3, 0.4) is 0 Å². The van der Waals surface area contributed by atoms with E-state index in [1.54, 1.807) is 19.2 Å². The molecule has 0 fully saturated rings. The van der Waals surface area contributed by atoms with Gasteiger partial charge in [0.05, 0.1) is 24.8 Å². The molecule has 0 heterocycles. The van der Waals surface area contributed by atoms with Gasteiger partial charge in [-0.25, -0.2) is 0 Å². The summed E-state index contributed by atoms with van der Waals surface area (Å²) in [5, 5.41) is 3.06. The minimum atomic E-state index is -0.238. The smallest absolute Gasteiger partial charge is 0.251 e. The van der Waals surface area contributed by atoms with E-state index in [1.807, 2.05) is 13.8 Å². The average molecular weight is 302 g/mol. The number of ether oxygens (including phenoxy) is 3. The van der Waals surface area contributed by atoms with Crippen molar-refractivity contribution in [3.8, 4) is 11.5 Å². The van der Waals surface area contributed by atoms with Crippen LogP contribution in [0.25, 0.3) is 0 Å². The van der Waals surface area contributed by atoms with Crippen molar-refractivity contribution in [3.63, 3.8) is 0 Å². The van der Waals surface area contributed by atoms with Crippen molar-refractivity contribution < 1.29 is 19.0 Å². The minimum Gasteiger partial charge on any atom is -0.493 e. The van der Waals surface area contributed by atoms with E-state index in [0.29, 0.717) is 35.2 Å². The van der Waals surface area contributed by atoms with Gasteiger partial charge in [-0.1, -0.05) is 11.6 Å². The van der Waals surface area contributed by atoms with Gasteiger partial charge in [0, 0.05) is 19.2 Å². The zero-order valence-electron chi connectivity index (χ0n) is 12.2. The van der Waals surface area contributed by atoms with Crippen molar-refractivity contribution in [2.75, 3.05) is 27.4 Å². The molecule has 20 heavy (non-hydrogen) atoms. The number of rotatable bonds is 7. The van der Waals surface area contributed by atoms with E-state index in [-0.39, 0.29) is 12.0 Å². The van der Waals surface area contributed by atoms with Gasteiger partial charge in [-0.15, -0.1) is 0 Å². The molecule has 0 aliphatic carbocycles. The summed E-state index contributed by atoms with van der Waals surface area (Å²) in [5.41, 5.74) is 0.416. The fourth-order valence-corrected chi connectivity index (χ4v) is 1.82. The number of benzene rings is 1. The van der Waals surface area contributed by atoms with E-state index in [4.69, 9.17) is 25.8 Å². The van der Waals surface area contributed by atoms with Crippen LogP contribution in [0.5, 0.6) is 11.5 Å². The predicted molar refractivity (Wildman–Crippen MR) is 78.0 cm³/mol. The maximum Gasteiger partial charge on any atom is 0.251 e. The predicted octanol–water partition coefficient (Wildman–Crippen LogP) is 2.51. The lowest BCUT2D eigenvalue weighted by atomic mass is 10.2. The zero-order valence-corrected chi connectivity index (χ0v) is 12.9. The van der Waals surface area contributed by atoms with E-state index < -0.39 is 0 Å². The van der Waals surface area contributed by atoms with Gasteiger partial charge >= 0.3 is 0 Å². The number of amides is 1. The number of halogens is 1. The fourth-order valence-electron chi connectivity index (χ4n) is 1.57. The molecule has 112 valence electrons. The lowest BCUT2D eigenvalue weighted by Gasteiger charge is -2.16. The largest absolute Gasteiger partial charge is 0.493 e. The number of carbonyl (C=O) groups excluding carboxylic acids is 1. The number of carbonyl (C=O) groups is 1. The molecule has 0 bridgehead atoms. The third kappa shape index (κ3) is 4.58. The zero-order chi connectivity index (χ0) is 15.1. The highest BCUT2D eigenvalue weighted by atomic mass is 35.5. The van der Waals surface area contributed by atoms with Gasteiger partial charge in [0.25, 0.3) is 5.91 Å². The number of hydrogen-bond donors (Lipinski definition) is 1. The third-order valence-corrected chi connectivity index (χ3v) is 2.72. The van der Waals surface area contributed by atoms with Crippen molar-refractivity contribution in [1.82, 2.24) is 5.32 Å². The van der Waals surface area contributed by atoms with E-state index in [9.17, 15) is 4.79 Å². The molecule has 0 unspecified atom stereocenters. The van der Waals surface area contributed by atoms with Crippen LogP contribution in [0.2, 0.25) is 5.02 Å². The summed E-state index contributed by atoms with van der Waals surface area (Å²) < 4.78 is 15.7. The molecule has 1 amide bonds. The van der Waals surface area contributed by atoms with E-state index in [0.717, 1.165) is 0 Å². The van der Waals surface area contributed by atoms with Crippen molar-refractivity contribution in [2.24, 2.45) is 0 Å². The monoisotopic (exact) mass is 301 g/mol. The molecule has 1 rings (SSSR count). The lowest BCUT2D eigenvalue weighted by molar-refractivity contribution is 0.0936. The molecule has 0 saturated heterocycles. The van der Waals surface area contributed by atoms with Gasteiger partial charge < -0.3 is 19.5 Å². The molecular weight excluding hydrogens is 282 g/mol. The summed E-state index contributed by atoms with van der Waals surface area (Å²) in [6.45, 7) is 4.66. The summed E-state index contributed by atoms with van der Waals surface area (Å²) in [7, 11) is 3.08. The van der Waals surface area contributed by atoms with Gasteiger partial charge in [0.1, 0.15) is 0 Å². The topological polar surface area (TPSA) is 56.8 Å². The van der Waals surface area contributed by atoms with Crippen LogP contribution in [0.15, 0.2) is 12.1 Å². The molecule has 0 saturated carbocycles. The molecule has 0 spiro atoms. The Kier molecular flexibility index (Phi) is 6.61. The van der Waals surface area contributed by atoms with Gasteiger partial charge in [0.15, 0.2) is 11.5 Å². The van der Waals surface area contributed by atoms with Crippen LogP contribution in [0.4, 0.5) is 0 Å². The first-order valence-electron chi connectivity index (χ1n) is 6.31. The number of nitrogens with one attached hydrogen (secondary N) is 1. The average Bonchev–Trinajstić information content (AvgIpc) is 2.40. The SMILES string of the molecule is COCCNC(=O)c1cc(Cl)c(OC(C)C)c(OC)c1. The maximum atomic E-state index is 12.0. The Labute approximate surface area is 124 Å². The second-order valence-corrected chi connectivity index (χ2v) is 4.81. The van der Waals surface area contributed by atoms with Crippen LogP contribution < -0.4 is 14.8 Å². The highest BCUT2D eigenvalue weighted by Gasteiger charge is 2.16. The Morgan fingerprint density at radius 2 is 2.05 bits per heavy atom. The first-order valence-corrected chi connectivity index (χ1v) is 6.68. The van der Waals surface area contributed by atoms with E-state index >= 15 is 0 Å². The second kappa shape index (κ2) is 7.97. The normalized spacial score (nSPS) is 10.5. The first-order chi connectivity index (χ1) is 9.49. The van der Waals surface area contributed by atoms with Crippen molar-refractivity contribution >= 4 is 17.5 Å². The Bertz CT molecular complexity index is 463. The van der Waals surface area contributed by atoms with Crippen LogP contribution in [-0.4, -0.2) is 39.4 Å². The standard InChI is InChI=1S/C14H20ClNO4/c1-9(2)20-13-11(15)7-10(8-12(13)19-4)14(17)16-5-6-18-3/h7-9H,5-6H2,1-4H3,(H,16,17). The molecule has 0 aromatic heterocycles. The fraction of sp³-hybridized carbons (Fsp3) is 0.500. The summed E-state index contributed by atoms with van der Waals surface area (Å²) in [6, 6.07) is 3.16. The first kappa shape index (κ1) is 16.6. The summed E-state index contributed by atoms with van der Waals surface area (Å²) >= 11 is 6.15. The lowest BCUT2D eigenvalue weighted by Crippen LogP contribution is -2.27. The molecule has 1 N–H and O–H groups in total. The number of hydrogen-bond acceptors (Lipinski definition) is 4. The van der Waals surface area contributed by atoms with Gasteiger partial charge in [0.2, 0.25) is 0 Å². The van der Waals surface area contributed by atoms with E-state index in [1.165, 1.54) is 7.11 Å². The summed E-state index contributed by atoms with van der Waals surface area (Å²) in [5.74, 6) is 0.638. The maximum absolute atomic E-state index is 12.0. The van der Waals surface area contributed by atoms with Gasteiger partial charge in [-0.2, -0.15) is 0 Å². The van der Waals surface area contributed by atoms with Crippen molar-refractivity contribution in [2.45, 2.75) is 20.0 Å². The van der Waals surface area contributed by atoms with Crippen LogP contribution in [0.1, 0.15) is 24.2 Å². The summed E-state index contributed by atoms with van der Waals surface area (Å²) in [6.07, 6.45) is -0.0391. The Morgan fingerprint density at radius 1 is 1.35 bits per heavy atom. The Hall–Kier alpha value is -1.46. The molecular formula is C14H20ClNO4. The summed E-state index contributed by atoms with van der Waals surface area (Å²) in [4.78, 5) is 12.0. The van der Waals surface area contributed by atoms with E-state index in [2.05, 4.69) is 5.32 Å². The molecule has 1 aromatic rings. The molecule has 0 radical (unpaired) electrons. The van der Waals surface area contributed by atoms with Crippen molar-refractivity contribution in [3.05, 3.63) is 22.7 Å². The van der Waals surface area contributed by atoms with Gasteiger partial charge in [-0.05, 0) is 26.0 Å². The van der Waals surface area contributed by atoms with Gasteiger partial charge in [-0.3, -0.25) is 4.79 Å². The highest BCUT2D eigenvalue weighted by molar-refractivity contribution is 6.32. The second-order valence-electron chi connectivity index (χ2n) is 4.40. The Balaban J connectivity index is 2.95. The molecule has 1 aromatic carbocycles. The number of methoxy groups -OCH3 is 2. The molecule has 0 aliphatic rings. The quantitative estimate of drug-likeness (QED) is 0.786. The van der Waals surface area contributed by atoms with Crippen LogP contribution in [-0.2, 0) is 4.74 Å². The Morgan fingerprint density at radius 3 is 2.60 bits per heavy atom. The highest BCUT2D eigenvalue weighted by Crippen LogP contribution is 2.37. The third-order valence-electron chi connectivity index (χ3n) is 2.44.